The first-order chi connectivity index (χ1) is 12.1. The van der Waals surface area contributed by atoms with Crippen LogP contribution in [0.4, 0.5) is 5.95 Å². The summed E-state index contributed by atoms with van der Waals surface area (Å²) in [5, 5.41) is 0.634. The number of nitrogens with one attached hydrogen (secondary N) is 1. The molecule has 1 N–H and O–H groups in total. The SMILES string of the molecule is CN(C)C1CN(c2nc3ccccc3c(=O)[nH]2)CC1c1ccccc1. The van der Waals surface area contributed by atoms with Crippen LogP contribution >= 0.6 is 0 Å². The average molecular weight is 334 g/mol. The Morgan fingerprint density at radius 1 is 1.04 bits per heavy atom. The largest absolute Gasteiger partial charge is 0.340 e. The summed E-state index contributed by atoms with van der Waals surface area (Å²) in [4.78, 5) is 24.5. The lowest BCUT2D eigenvalue weighted by molar-refractivity contribution is 0.292. The molecule has 25 heavy (non-hydrogen) atoms. The first-order valence-electron chi connectivity index (χ1n) is 8.59. The van der Waals surface area contributed by atoms with Crippen molar-refractivity contribution in [1.29, 1.82) is 0 Å². The van der Waals surface area contributed by atoms with Crippen molar-refractivity contribution in [2.45, 2.75) is 12.0 Å². The number of aromatic nitrogens is 2. The van der Waals surface area contributed by atoms with Crippen molar-refractivity contribution in [3.63, 3.8) is 0 Å². The fourth-order valence-electron chi connectivity index (χ4n) is 3.73. The van der Waals surface area contributed by atoms with Gasteiger partial charge in [-0.1, -0.05) is 42.5 Å². The van der Waals surface area contributed by atoms with Crippen LogP contribution in [0.5, 0.6) is 0 Å². The third kappa shape index (κ3) is 2.91. The summed E-state index contributed by atoms with van der Waals surface area (Å²) in [5.41, 5.74) is 1.99. The average Bonchev–Trinajstić information content (AvgIpc) is 3.08. The number of hydrogen-bond acceptors (Lipinski definition) is 4. The number of para-hydroxylation sites is 1. The quantitative estimate of drug-likeness (QED) is 0.799. The van der Waals surface area contributed by atoms with Crippen molar-refractivity contribution in [2.24, 2.45) is 0 Å². The van der Waals surface area contributed by atoms with Gasteiger partial charge in [0.1, 0.15) is 0 Å². The standard InChI is InChI=1S/C20H22N4O/c1-23(2)18-13-24(12-16(18)14-8-4-3-5-9-14)20-21-17-11-7-6-10-15(17)19(25)22-20/h3-11,16,18H,12-13H2,1-2H3,(H,21,22,25). The minimum Gasteiger partial charge on any atom is -0.340 e. The predicted molar refractivity (Wildman–Crippen MR) is 101 cm³/mol. The highest BCUT2D eigenvalue weighted by Crippen LogP contribution is 2.31. The molecule has 2 unspecified atom stereocenters. The lowest BCUT2D eigenvalue weighted by Gasteiger charge is -2.25. The van der Waals surface area contributed by atoms with Crippen molar-refractivity contribution in [1.82, 2.24) is 14.9 Å². The monoisotopic (exact) mass is 334 g/mol. The molecule has 0 saturated carbocycles. The van der Waals surface area contributed by atoms with Gasteiger partial charge in [-0.05, 0) is 31.8 Å². The molecular weight excluding hydrogens is 312 g/mol. The number of H-pyrrole nitrogens is 1. The number of nitrogens with zero attached hydrogens (tertiary/aromatic N) is 3. The second kappa shape index (κ2) is 6.33. The lowest BCUT2D eigenvalue weighted by atomic mass is 9.94. The van der Waals surface area contributed by atoms with Gasteiger partial charge in [-0.15, -0.1) is 0 Å². The van der Waals surface area contributed by atoms with Gasteiger partial charge in [0.25, 0.3) is 5.56 Å². The van der Waals surface area contributed by atoms with Crippen LogP contribution < -0.4 is 10.5 Å². The highest BCUT2D eigenvalue weighted by atomic mass is 16.1. The summed E-state index contributed by atoms with van der Waals surface area (Å²) >= 11 is 0. The predicted octanol–water partition coefficient (Wildman–Crippen LogP) is 2.46. The van der Waals surface area contributed by atoms with Gasteiger partial charge in [0, 0.05) is 25.0 Å². The molecule has 1 saturated heterocycles. The molecule has 128 valence electrons. The van der Waals surface area contributed by atoms with E-state index in [1.807, 2.05) is 30.3 Å². The molecule has 0 amide bonds. The van der Waals surface area contributed by atoms with Gasteiger partial charge in [0.05, 0.1) is 10.9 Å². The minimum atomic E-state index is -0.0786. The van der Waals surface area contributed by atoms with E-state index in [4.69, 9.17) is 4.98 Å². The summed E-state index contributed by atoms with van der Waals surface area (Å²) in [6, 6.07) is 18.4. The van der Waals surface area contributed by atoms with Gasteiger partial charge in [-0.3, -0.25) is 9.78 Å². The second-order valence-corrected chi connectivity index (χ2v) is 6.86. The summed E-state index contributed by atoms with van der Waals surface area (Å²) in [6.07, 6.45) is 0. The fraction of sp³-hybridized carbons (Fsp3) is 0.300. The normalized spacial score (nSPS) is 20.5. The number of fused-ring (bicyclic) bond motifs is 1. The molecule has 2 aromatic carbocycles. The second-order valence-electron chi connectivity index (χ2n) is 6.86. The Kier molecular flexibility index (Phi) is 4.01. The van der Waals surface area contributed by atoms with Gasteiger partial charge in [0.2, 0.25) is 5.95 Å². The summed E-state index contributed by atoms with van der Waals surface area (Å²) in [7, 11) is 4.22. The van der Waals surface area contributed by atoms with E-state index in [2.05, 4.69) is 53.1 Å². The molecule has 1 aliphatic heterocycles. The zero-order valence-corrected chi connectivity index (χ0v) is 14.5. The van der Waals surface area contributed by atoms with Gasteiger partial charge in [0.15, 0.2) is 0 Å². The van der Waals surface area contributed by atoms with Crippen molar-refractivity contribution in [3.05, 3.63) is 70.5 Å². The van der Waals surface area contributed by atoms with Crippen LogP contribution in [0.2, 0.25) is 0 Å². The Bertz CT molecular complexity index is 935. The van der Waals surface area contributed by atoms with E-state index < -0.39 is 0 Å². The highest BCUT2D eigenvalue weighted by Gasteiger charge is 2.36. The molecule has 2 heterocycles. The Balaban J connectivity index is 1.71. The van der Waals surface area contributed by atoms with E-state index >= 15 is 0 Å². The summed E-state index contributed by atoms with van der Waals surface area (Å²) in [5.74, 6) is 1.04. The lowest BCUT2D eigenvalue weighted by Crippen LogP contribution is -2.35. The molecule has 0 aliphatic carbocycles. The van der Waals surface area contributed by atoms with Gasteiger partial charge in [-0.25, -0.2) is 4.98 Å². The van der Waals surface area contributed by atoms with Crippen LogP contribution in [0.1, 0.15) is 11.5 Å². The maximum atomic E-state index is 12.4. The fourth-order valence-corrected chi connectivity index (χ4v) is 3.73. The number of likely N-dealkylation sites (N-methyl/N-ethyl adjacent to an activating group) is 1. The van der Waals surface area contributed by atoms with Crippen LogP contribution in [0.15, 0.2) is 59.4 Å². The highest BCUT2D eigenvalue weighted by molar-refractivity contribution is 5.78. The molecule has 4 rings (SSSR count). The Hall–Kier alpha value is -2.66. The van der Waals surface area contributed by atoms with Crippen LogP contribution in [0.25, 0.3) is 10.9 Å². The van der Waals surface area contributed by atoms with Gasteiger partial charge >= 0.3 is 0 Å². The van der Waals surface area contributed by atoms with Crippen molar-refractivity contribution in [2.75, 3.05) is 32.1 Å². The van der Waals surface area contributed by atoms with Gasteiger partial charge < -0.3 is 9.80 Å². The number of anilines is 1. The van der Waals surface area contributed by atoms with E-state index in [0.717, 1.165) is 18.6 Å². The number of aromatic amines is 1. The zero-order chi connectivity index (χ0) is 17.4. The topological polar surface area (TPSA) is 52.2 Å². The molecule has 1 aromatic heterocycles. The van der Waals surface area contributed by atoms with Crippen molar-refractivity contribution < 1.29 is 0 Å². The molecule has 3 aromatic rings. The maximum Gasteiger partial charge on any atom is 0.260 e. The Labute approximate surface area is 146 Å². The zero-order valence-electron chi connectivity index (χ0n) is 14.5. The maximum absolute atomic E-state index is 12.4. The van der Waals surface area contributed by atoms with E-state index in [1.165, 1.54) is 5.56 Å². The molecule has 5 nitrogen and oxygen atoms in total. The van der Waals surface area contributed by atoms with E-state index in [0.29, 0.717) is 23.3 Å². The molecule has 1 aliphatic rings. The minimum absolute atomic E-state index is 0.0786. The molecular formula is C20H22N4O. The van der Waals surface area contributed by atoms with Crippen molar-refractivity contribution in [3.8, 4) is 0 Å². The Morgan fingerprint density at radius 2 is 1.76 bits per heavy atom. The molecule has 0 radical (unpaired) electrons. The van der Waals surface area contributed by atoms with Crippen LogP contribution in [-0.4, -0.2) is 48.1 Å². The van der Waals surface area contributed by atoms with Crippen LogP contribution in [-0.2, 0) is 0 Å². The third-order valence-corrected chi connectivity index (χ3v) is 5.08. The van der Waals surface area contributed by atoms with E-state index in [1.54, 1.807) is 0 Å². The molecule has 0 spiro atoms. The van der Waals surface area contributed by atoms with E-state index in [-0.39, 0.29) is 5.56 Å². The first-order valence-corrected chi connectivity index (χ1v) is 8.59. The van der Waals surface area contributed by atoms with Crippen molar-refractivity contribution >= 4 is 16.9 Å². The number of rotatable bonds is 3. The smallest absolute Gasteiger partial charge is 0.260 e. The number of benzene rings is 2. The van der Waals surface area contributed by atoms with Crippen LogP contribution in [0, 0.1) is 0 Å². The molecule has 5 heteroatoms. The molecule has 2 atom stereocenters. The molecule has 1 fully saturated rings. The molecule has 0 bridgehead atoms. The Morgan fingerprint density at radius 3 is 2.52 bits per heavy atom. The van der Waals surface area contributed by atoms with Gasteiger partial charge in [-0.2, -0.15) is 0 Å². The van der Waals surface area contributed by atoms with E-state index in [9.17, 15) is 4.79 Å². The number of hydrogen-bond donors (Lipinski definition) is 1. The summed E-state index contributed by atoms with van der Waals surface area (Å²) in [6.45, 7) is 1.68. The summed E-state index contributed by atoms with van der Waals surface area (Å²) < 4.78 is 0. The van der Waals surface area contributed by atoms with Crippen LogP contribution in [0.3, 0.4) is 0 Å². The first kappa shape index (κ1) is 15.8. The third-order valence-electron chi connectivity index (χ3n) is 5.08.